The highest BCUT2D eigenvalue weighted by atomic mass is 32.2. The average Bonchev–Trinajstić information content (AvgIpc) is 2.91. The fourth-order valence-corrected chi connectivity index (χ4v) is 7.19. The van der Waals surface area contributed by atoms with Crippen LogP contribution in [-0.2, 0) is 14.4 Å². The van der Waals surface area contributed by atoms with Crippen LogP contribution in [0.1, 0.15) is 59.8 Å². The first-order valence-electron chi connectivity index (χ1n) is 14.7. The van der Waals surface area contributed by atoms with E-state index < -0.39 is 18.1 Å². The Hall–Kier alpha value is -2.42. The van der Waals surface area contributed by atoms with Crippen molar-refractivity contribution in [3.8, 4) is 0 Å². The number of hydrogen-bond donors (Lipinski definition) is 3. The van der Waals surface area contributed by atoms with Gasteiger partial charge in [-0.25, -0.2) is 0 Å². The van der Waals surface area contributed by atoms with Crippen LogP contribution in [0, 0.1) is 17.8 Å². The Kier molecular flexibility index (Phi) is 10.3. The van der Waals surface area contributed by atoms with E-state index in [-0.39, 0.29) is 29.2 Å². The number of fused-ring (bicyclic) bond motifs is 1. The fourth-order valence-electron chi connectivity index (χ4n) is 6.16. The van der Waals surface area contributed by atoms with Crippen molar-refractivity contribution < 1.29 is 19.5 Å². The van der Waals surface area contributed by atoms with Crippen LogP contribution < -0.4 is 10.6 Å². The third-order valence-electron chi connectivity index (χ3n) is 8.37. The molecule has 7 nitrogen and oxygen atoms in total. The van der Waals surface area contributed by atoms with E-state index in [2.05, 4.69) is 15.5 Å². The number of hydrogen-bond acceptors (Lipinski definition) is 6. The van der Waals surface area contributed by atoms with Gasteiger partial charge in [-0.05, 0) is 63.7 Å². The molecule has 1 aromatic rings. The molecular formula is C32H45N3O4S. The molecule has 4 rings (SSSR count). The smallest absolute Gasteiger partial charge is 0.248 e. The Labute approximate surface area is 243 Å². The lowest BCUT2D eigenvalue weighted by Gasteiger charge is -2.47. The van der Waals surface area contributed by atoms with Crippen LogP contribution in [-0.4, -0.2) is 70.2 Å². The van der Waals surface area contributed by atoms with Crippen molar-refractivity contribution in [3.63, 3.8) is 0 Å². The van der Waals surface area contributed by atoms with Crippen molar-refractivity contribution in [1.29, 1.82) is 0 Å². The molecule has 8 heteroatoms. The minimum Gasteiger partial charge on any atom is -0.390 e. The number of β-amino-alcohol motifs (C(OH)–C–C–N with tert-alkyl or cyclic N) is 1. The van der Waals surface area contributed by atoms with Gasteiger partial charge in [0.25, 0.3) is 0 Å². The Morgan fingerprint density at radius 3 is 2.52 bits per heavy atom. The Balaban J connectivity index is 1.52. The molecule has 218 valence electrons. The van der Waals surface area contributed by atoms with Gasteiger partial charge in [0.2, 0.25) is 11.8 Å². The lowest BCUT2D eigenvalue weighted by molar-refractivity contribution is -0.133. The molecule has 2 aliphatic carbocycles. The molecule has 6 atom stereocenters. The average molecular weight is 568 g/mol. The predicted octanol–water partition coefficient (Wildman–Crippen LogP) is 4.12. The molecule has 0 bridgehead atoms. The number of aliphatic hydroxyl groups excluding tert-OH is 1. The summed E-state index contributed by atoms with van der Waals surface area (Å²) in [6.07, 6.45) is 9.41. The molecule has 1 saturated carbocycles. The maximum absolute atomic E-state index is 13.5. The topological polar surface area (TPSA) is 98.7 Å². The summed E-state index contributed by atoms with van der Waals surface area (Å²) in [6, 6.07) is 9.02. The maximum Gasteiger partial charge on any atom is 0.248 e. The van der Waals surface area contributed by atoms with Crippen LogP contribution in [0.4, 0.5) is 0 Å². The van der Waals surface area contributed by atoms with Crippen LogP contribution in [0.3, 0.4) is 0 Å². The summed E-state index contributed by atoms with van der Waals surface area (Å²) in [6.45, 7) is 8.77. The minimum absolute atomic E-state index is 0.00875. The Bertz CT molecular complexity index is 1110. The molecule has 3 N–H and O–H groups in total. The molecule has 1 saturated heterocycles. The maximum atomic E-state index is 13.5. The summed E-state index contributed by atoms with van der Waals surface area (Å²) in [5.41, 5.74) is 0.0593. The van der Waals surface area contributed by atoms with E-state index in [0.29, 0.717) is 29.7 Å². The predicted molar refractivity (Wildman–Crippen MR) is 160 cm³/mol. The summed E-state index contributed by atoms with van der Waals surface area (Å²) in [5.74, 6) is 0.558. The molecule has 0 aromatic heterocycles. The van der Waals surface area contributed by atoms with Gasteiger partial charge in [0, 0.05) is 40.8 Å². The lowest BCUT2D eigenvalue weighted by Crippen LogP contribution is -2.60. The van der Waals surface area contributed by atoms with Crippen molar-refractivity contribution in [3.05, 3.63) is 54.1 Å². The lowest BCUT2D eigenvalue weighted by atomic mass is 9.72. The third kappa shape index (κ3) is 8.08. The molecule has 1 unspecified atom stereocenters. The molecule has 0 spiro atoms. The molecular weight excluding hydrogens is 522 g/mol. The van der Waals surface area contributed by atoms with Crippen LogP contribution in [0.2, 0.25) is 0 Å². The SMILES string of the molecule is CC1C(=O)C=CC=C1C(=O)N[C@@H](CSc1ccccc1)[C@H](O)CN1C[C@H]2CCCC[C@H]2C[C@H]1C(=O)NC(C)(C)C. The van der Waals surface area contributed by atoms with Gasteiger partial charge in [0.05, 0.1) is 18.2 Å². The van der Waals surface area contributed by atoms with Crippen LogP contribution in [0.15, 0.2) is 59.0 Å². The van der Waals surface area contributed by atoms with E-state index in [9.17, 15) is 19.5 Å². The zero-order chi connectivity index (χ0) is 28.9. The number of carbonyl (C=O) groups is 3. The van der Waals surface area contributed by atoms with E-state index in [1.807, 2.05) is 51.1 Å². The number of likely N-dealkylation sites (tertiary alicyclic amines) is 1. The number of nitrogens with zero attached hydrogens (tertiary/aromatic N) is 1. The van der Waals surface area contributed by atoms with Gasteiger partial charge >= 0.3 is 0 Å². The second-order valence-electron chi connectivity index (χ2n) is 12.6. The number of piperidine rings is 1. The van der Waals surface area contributed by atoms with E-state index in [1.165, 1.54) is 18.9 Å². The third-order valence-corrected chi connectivity index (χ3v) is 9.50. The summed E-state index contributed by atoms with van der Waals surface area (Å²) in [7, 11) is 0. The standard InChI is InChI=1S/C32H45N3O4S/c1-21-25(15-10-16-28(21)36)30(38)33-26(20-40-24-13-6-5-7-14-24)29(37)19-35-18-23-12-9-8-11-22(23)17-27(35)31(39)34-32(2,3)4/h5-7,10,13-16,21-23,26-27,29,37H,8-9,11-12,17-20H2,1-4H3,(H,33,38)(H,34,39)/t21?,22-,23+,26-,27-,29+/m0/s1. The molecule has 3 aliphatic rings. The first-order valence-corrected chi connectivity index (χ1v) is 15.7. The molecule has 1 aromatic carbocycles. The molecule has 40 heavy (non-hydrogen) atoms. The van der Waals surface area contributed by atoms with E-state index in [1.54, 1.807) is 30.8 Å². The number of carbonyl (C=O) groups excluding carboxylic acids is 3. The molecule has 1 aliphatic heterocycles. The number of rotatable bonds is 9. The largest absolute Gasteiger partial charge is 0.390 e. The van der Waals surface area contributed by atoms with Gasteiger partial charge < -0.3 is 15.7 Å². The number of benzene rings is 1. The molecule has 2 amide bonds. The summed E-state index contributed by atoms with van der Waals surface area (Å²) in [4.78, 5) is 42.2. The highest BCUT2D eigenvalue weighted by molar-refractivity contribution is 7.99. The number of nitrogens with one attached hydrogen (secondary N) is 2. The normalized spacial score (nSPS) is 26.8. The van der Waals surface area contributed by atoms with Crippen molar-refractivity contribution in [1.82, 2.24) is 15.5 Å². The first kappa shape index (κ1) is 30.5. The molecule has 2 fully saturated rings. The van der Waals surface area contributed by atoms with Crippen LogP contribution >= 0.6 is 11.8 Å². The number of ketones is 1. The van der Waals surface area contributed by atoms with Crippen molar-refractivity contribution in [2.75, 3.05) is 18.8 Å². The van der Waals surface area contributed by atoms with Gasteiger partial charge in [0.15, 0.2) is 5.78 Å². The number of amides is 2. The fraction of sp³-hybridized carbons (Fsp3) is 0.594. The quantitative estimate of drug-likeness (QED) is 0.389. The van der Waals surface area contributed by atoms with Gasteiger partial charge in [-0.3, -0.25) is 19.3 Å². The monoisotopic (exact) mass is 567 g/mol. The Morgan fingerprint density at radius 1 is 1.12 bits per heavy atom. The highest BCUT2D eigenvalue weighted by Gasteiger charge is 2.42. The van der Waals surface area contributed by atoms with Gasteiger partial charge in [0.1, 0.15) is 0 Å². The van der Waals surface area contributed by atoms with E-state index >= 15 is 0 Å². The van der Waals surface area contributed by atoms with Gasteiger partial charge in [-0.2, -0.15) is 0 Å². The number of aliphatic hydroxyl groups is 1. The van der Waals surface area contributed by atoms with E-state index in [0.717, 1.165) is 30.7 Å². The zero-order valence-electron chi connectivity index (χ0n) is 24.3. The second-order valence-corrected chi connectivity index (χ2v) is 13.7. The van der Waals surface area contributed by atoms with Gasteiger partial charge in [-0.15, -0.1) is 11.8 Å². The Morgan fingerprint density at radius 2 is 1.82 bits per heavy atom. The summed E-state index contributed by atoms with van der Waals surface area (Å²) < 4.78 is 0. The minimum atomic E-state index is -0.893. The molecule has 1 heterocycles. The number of allylic oxidation sites excluding steroid dienone is 3. The summed E-state index contributed by atoms with van der Waals surface area (Å²) >= 11 is 1.57. The second kappa shape index (κ2) is 13.5. The number of thioether (sulfide) groups is 1. The van der Waals surface area contributed by atoms with Crippen LogP contribution in [0.25, 0.3) is 0 Å². The first-order chi connectivity index (χ1) is 19.0. The van der Waals surface area contributed by atoms with Gasteiger partial charge in [-0.1, -0.05) is 56.5 Å². The van der Waals surface area contributed by atoms with Crippen molar-refractivity contribution in [2.24, 2.45) is 17.8 Å². The molecule has 0 radical (unpaired) electrons. The van der Waals surface area contributed by atoms with Crippen molar-refractivity contribution >= 4 is 29.4 Å². The zero-order valence-corrected chi connectivity index (χ0v) is 25.1. The van der Waals surface area contributed by atoms with E-state index in [4.69, 9.17) is 0 Å². The van der Waals surface area contributed by atoms with Crippen molar-refractivity contribution in [2.45, 2.75) is 88.4 Å². The highest BCUT2D eigenvalue weighted by Crippen LogP contribution is 2.39. The van der Waals surface area contributed by atoms with Crippen LogP contribution in [0.5, 0.6) is 0 Å². The summed E-state index contributed by atoms with van der Waals surface area (Å²) in [5, 5.41) is 17.8.